The van der Waals surface area contributed by atoms with E-state index in [-0.39, 0.29) is 5.78 Å². The number of Topliss-reactive ketones (excluding diaryl/α,β-unsaturated/α-hetero) is 1. The molecule has 3 aromatic carbocycles. The molecule has 1 unspecified atom stereocenters. The number of para-hydroxylation sites is 2. The summed E-state index contributed by atoms with van der Waals surface area (Å²) >= 11 is 0. The fourth-order valence-corrected chi connectivity index (χ4v) is 3.22. The fraction of sp³-hybridized carbons (Fsp3) is 0.125. The zero-order valence-electron chi connectivity index (χ0n) is 15.9. The van der Waals surface area contributed by atoms with Crippen LogP contribution in [-0.4, -0.2) is 23.3 Å². The molecule has 4 aromatic rings. The molecule has 0 spiro atoms. The number of nitrogens with zero attached hydrogens (tertiary/aromatic N) is 1. The van der Waals surface area contributed by atoms with Gasteiger partial charge in [-0.25, -0.2) is 9.78 Å². The van der Waals surface area contributed by atoms with Gasteiger partial charge >= 0.3 is 5.97 Å². The van der Waals surface area contributed by atoms with E-state index in [9.17, 15) is 9.59 Å². The molecule has 0 aliphatic carbocycles. The van der Waals surface area contributed by atoms with Crippen molar-refractivity contribution >= 4 is 22.9 Å². The molecule has 1 atom stereocenters. The van der Waals surface area contributed by atoms with E-state index in [0.717, 1.165) is 5.56 Å². The summed E-state index contributed by atoms with van der Waals surface area (Å²) in [7, 11) is 0. The lowest BCUT2D eigenvalue weighted by molar-refractivity contribution is 0.0526. The van der Waals surface area contributed by atoms with Gasteiger partial charge in [-0.15, -0.1) is 0 Å². The molecule has 0 amide bonds. The molecule has 0 radical (unpaired) electrons. The first-order valence-electron chi connectivity index (χ1n) is 9.39. The van der Waals surface area contributed by atoms with Crippen LogP contribution in [0.1, 0.15) is 45.0 Å². The summed E-state index contributed by atoms with van der Waals surface area (Å²) in [5.74, 6) is -0.905. The Morgan fingerprint density at radius 1 is 0.897 bits per heavy atom. The van der Waals surface area contributed by atoms with E-state index in [1.807, 2.05) is 54.6 Å². The topological polar surface area (TPSA) is 69.4 Å². The maximum absolute atomic E-state index is 13.4. The van der Waals surface area contributed by atoms with Crippen LogP contribution < -0.4 is 0 Å². The number of ketones is 1. The first kappa shape index (κ1) is 18.6. The molecule has 0 aliphatic rings. The molecule has 0 bridgehead atoms. The van der Waals surface area contributed by atoms with Gasteiger partial charge in [0.2, 0.25) is 5.89 Å². The van der Waals surface area contributed by atoms with Crippen molar-refractivity contribution in [3.8, 4) is 0 Å². The highest BCUT2D eigenvalue weighted by Crippen LogP contribution is 2.30. The van der Waals surface area contributed by atoms with Crippen LogP contribution in [0, 0.1) is 0 Å². The average Bonchev–Trinajstić information content (AvgIpc) is 3.18. The van der Waals surface area contributed by atoms with E-state index in [0.29, 0.717) is 34.7 Å². The van der Waals surface area contributed by atoms with E-state index < -0.39 is 11.9 Å². The summed E-state index contributed by atoms with van der Waals surface area (Å²) in [5, 5.41) is 0. The van der Waals surface area contributed by atoms with Gasteiger partial charge in [0, 0.05) is 5.56 Å². The number of fused-ring (bicyclic) bond motifs is 1. The number of oxazole rings is 1. The third kappa shape index (κ3) is 3.80. The molecular formula is C24H19NO4. The molecular weight excluding hydrogens is 366 g/mol. The monoisotopic (exact) mass is 385 g/mol. The number of hydrogen-bond acceptors (Lipinski definition) is 5. The quantitative estimate of drug-likeness (QED) is 0.344. The minimum Gasteiger partial charge on any atom is -0.462 e. The van der Waals surface area contributed by atoms with E-state index in [1.54, 1.807) is 31.2 Å². The molecule has 4 rings (SSSR count). The number of ether oxygens (including phenoxy) is 1. The van der Waals surface area contributed by atoms with Crippen molar-refractivity contribution in [2.75, 3.05) is 6.61 Å². The molecule has 0 saturated heterocycles. The number of benzene rings is 3. The van der Waals surface area contributed by atoms with Crippen LogP contribution in [0.4, 0.5) is 0 Å². The third-order valence-corrected chi connectivity index (χ3v) is 4.63. The lowest BCUT2D eigenvalue weighted by Gasteiger charge is -2.13. The second-order valence-corrected chi connectivity index (χ2v) is 6.53. The molecule has 1 aromatic heterocycles. The highest BCUT2D eigenvalue weighted by atomic mass is 16.5. The molecule has 5 nitrogen and oxygen atoms in total. The minimum absolute atomic E-state index is 0.154. The van der Waals surface area contributed by atoms with Gasteiger partial charge in [0.05, 0.1) is 12.2 Å². The first-order chi connectivity index (χ1) is 14.2. The second-order valence-electron chi connectivity index (χ2n) is 6.53. The van der Waals surface area contributed by atoms with Crippen molar-refractivity contribution in [2.45, 2.75) is 12.8 Å². The van der Waals surface area contributed by atoms with Gasteiger partial charge in [-0.1, -0.05) is 54.6 Å². The van der Waals surface area contributed by atoms with Crippen LogP contribution in [-0.2, 0) is 4.74 Å². The Bertz CT molecular complexity index is 1110. The summed E-state index contributed by atoms with van der Waals surface area (Å²) in [6.07, 6.45) is 0. The average molecular weight is 385 g/mol. The van der Waals surface area contributed by atoms with E-state index >= 15 is 0 Å². The number of carbonyl (C=O) groups is 2. The Hall–Kier alpha value is -3.73. The molecule has 0 aliphatic heterocycles. The van der Waals surface area contributed by atoms with E-state index in [1.165, 1.54) is 0 Å². The third-order valence-electron chi connectivity index (χ3n) is 4.63. The normalized spacial score (nSPS) is 11.9. The maximum Gasteiger partial charge on any atom is 0.338 e. The van der Waals surface area contributed by atoms with Crippen LogP contribution in [0.3, 0.4) is 0 Å². The Morgan fingerprint density at radius 2 is 1.55 bits per heavy atom. The van der Waals surface area contributed by atoms with Gasteiger partial charge in [-0.05, 0) is 36.8 Å². The lowest BCUT2D eigenvalue weighted by atomic mass is 9.90. The SMILES string of the molecule is CCOC(=O)c1ccc(C(=O)C(c2ccccc2)c2nc3ccccc3o2)cc1. The van der Waals surface area contributed by atoms with Crippen molar-refractivity contribution in [1.29, 1.82) is 0 Å². The van der Waals surface area contributed by atoms with Crippen molar-refractivity contribution < 1.29 is 18.7 Å². The summed E-state index contributed by atoms with van der Waals surface area (Å²) in [4.78, 5) is 29.8. The predicted octanol–water partition coefficient (Wildman–Crippen LogP) is 5.02. The summed E-state index contributed by atoms with van der Waals surface area (Å²) in [6, 6.07) is 23.3. The van der Waals surface area contributed by atoms with Gasteiger partial charge in [0.25, 0.3) is 0 Å². The number of hydrogen-bond donors (Lipinski definition) is 0. The van der Waals surface area contributed by atoms with Gasteiger partial charge in [-0.3, -0.25) is 4.79 Å². The Balaban J connectivity index is 1.73. The molecule has 0 N–H and O–H groups in total. The summed E-state index contributed by atoms with van der Waals surface area (Å²) in [5.41, 5.74) is 3.00. The van der Waals surface area contributed by atoms with Crippen LogP contribution in [0.5, 0.6) is 0 Å². The van der Waals surface area contributed by atoms with Gasteiger partial charge in [0.15, 0.2) is 11.4 Å². The molecule has 144 valence electrons. The summed E-state index contributed by atoms with van der Waals surface area (Å²) < 4.78 is 10.9. The van der Waals surface area contributed by atoms with E-state index in [4.69, 9.17) is 9.15 Å². The maximum atomic E-state index is 13.4. The highest BCUT2D eigenvalue weighted by molar-refractivity contribution is 6.03. The fourth-order valence-electron chi connectivity index (χ4n) is 3.22. The van der Waals surface area contributed by atoms with Crippen LogP contribution in [0.25, 0.3) is 11.1 Å². The molecule has 29 heavy (non-hydrogen) atoms. The lowest BCUT2D eigenvalue weighted by Crippen LogP contribution is -2.15. The second kappa shape index (κ2) is 8.10. The van der Waals surface area contributed by atoms with Gasteiger partial charge in [-0.2, -0.15) is 0 Å². The number of carbonyl (C=O) groups excluding carboxylic acids is 2. The minimum atomic E-state index is -0.683. The predicted molar refractivity (Wildman–Crippen MR) is 109 cm³/mol. The van der Waals surface area contributed by atoms with Crippen molar-refractivity contribution in [3.05, 3.63) is 101 Å². The van der Waals surface area contributed by atoms with Gasteiger partial charge in [0.1, 0.15) is 11.4 Å². The standard InChI is InChI=1S/C24H19NO4/c1-2-28-24(27)18-14-12-17(13-15-18)22(26)21(16-8-4-3-5-9-16)23-25-19-10-6-7-11-20(19)29-23/h3-15,21H,2H2,1H3. The molecule has 0 fully saturated rings. The summed E-state index contributed by atoms with van der Waals surface area (Å²) in [6.45, 7) is 2.05. The van der Waals surface area contributed by atoms with Crippen LogP contribution in [0.15, 0.2) is 83.3 Å². The first-order valence-corrected chi connectivity index (χ1v) is 9.39. The largest absolute Gasteiger partial charge is 0.462 e. The Kier molecular flexibility index (Phi) is 5.20. The van der Waals surface area contributed by atoms with Crippen molar-refractivity contribution in [1.82, 2.24) is 4.98 Å². The Labute approximate surface area is 168 Å². The van der Waals surface area contributed by atoms with Crippen LogP contribution >= 0.6 is 0 Å². The molecule has 0 saturated carbocycles. The Morgan fingerprint density at radius 3 is 2.24 bits per heavy atom. The number of aromatic nitrogens is 1. The smallest absolute Gasteiger partial charge is 0.338 e. The van der Waals surface area contributed by atoms with E-state index in [2.05, 4.69) is 4.98 Å². The zero-order chi connectivity index (χ0) is 20.2. The highest BCUT2D eigenvalue weighted by Gasteiger charge is 2.29. The molecule has 5 heteroatoms. The number of rotatable bonds is 6. The molecule has 1 heterocycles. The van der Waals surface area contributed by atoms with Crippen LogP contribution in [0.2, 0.25) is 0 Å². The van der Waals surface area contributed by atoms with Crippen molar-refractivity contribution in [3.63, 3.8) is 0 Å². The van der Waals surface area contributed by atoms with Crippen molar-refractivity contribution in [2.24, 2.45) is 0 Å². The van der Waals surface area contributed by atoms with Gasteiger partial charge < -0.3 is 9.15 Å². The zero-order valence-corrected chi connectivity index (χ0v) is 15.9. The number of esters is 1.